The van der Waals surface area contributed by atoms with Crippen LogP contribution in [0.3, 0.4) is 0 Å². The third-order valence-corrected chi connectivity index (χ3v) is 3.71. The van der Waals surface area contributed by atoms with E-state index in [4.69, 9.17) is 0 Å². The summed E-state index contributed by atoms with van der Waals surface area (Å²) in [6.07, 6.45) is 0.0432. The molecule has 2 rings (SSSR count). The first-order valence-electron chi connectivity index (χ1n) is 6.41. The van der Waals surface area contributed by atoms with E-state index in [1.54, 1.807) is 43.3 Å². The zero-order chi connectivity index (χ0) is 15.5. The molecule has 2 aromatic rings. The molecule has 0 bridgehead atoms. The maximum atomic E-state index is 13.8. The van der Waals surface area contributed by atoms with Gasteiger partial charge in [-0.05, 0) is 36.8 Å². The topological polar surface area (TPSA) is 49.3 Å². The predicted octanol–water partition coefficient (Wildman–Crippen LogP) is 4.09. The highest BCUT2D eigenvalue weighted by atomic mass is 79.9. The SMILES string of the molecule is CC(Cc1ccccc1F)(Nc1cccc(Br)c1)C(=O)O. The summed E-state index contributed by atoms with van der Waals surface area (Å²) in [7, 11) is 0. The Labute approximate surface area is 130 Å². The third-order valence-electron chi connectivity index (χ3n) is 3.22. The van der Waals surface area contributed by atoms with Crippen molar-refractivity contribution in [2.45, 2.75) is 18.9 Å². The number of carboxylic acid groups (broad SMARTS) is 1. The monoisotopic (exact) mass is 351 g/mol. The second-order valence-electron chi connectivity index (χ2n) is 5.04. The number of carboxylic acids is 1. The van der Waals surface area contributed by atoms with E-state index < -0.39 is 17.3 Å². The summed E-state index contributed by atoms with van der Waals surface area (Å²) in [5.74, 6) is -1.44. The third kappa shape index (κ3) is 3.82. The molecule has 1 atom stereocenters. The smallest absolute Gasteiger partial charge is 0.329 e. The molecule has 0 spiro atoms. The molecule has 0 radical (unpaired) electrons. The van der Waals surface area contributed by atoms with Crippen LogP contribution in [0.1, 0.15) is 12.5 Å². The highest BCUT2D eigenvalue weighted by molar-refractivity contribution is 9.10. The molecule has 0 aliphatic rings. The lowest BCUT2D eigenvalue weighted by molar-refractivity contribution is -0.141. The van der Waals surface area contributed by atoms with E-state index in [2.05, 4.69) is 21.2 Å². The molecular weight excluding hydrogens is 337 g/mol. The summed E-state index contributed by atoms with van der Waals surface area (Å²) in [5, 5.41) is 12.5. The van der Waals surface area contributed by atoms with E-state index in [9.17, 15) is 14.3 Å². The average molecular weight is 352 g/mol. The molecule has 0 saturated carbocycles. The Bertz CT molecular complexity index is 662. The number of halogens is 2. The Morgan fingerprint density at radius 2 is 2.00 bits per heavy atom. The quantitative estimate of drug-likeness (QED) is 0.852. The van der Waals surface area contributed by atoms with Crippen LogP contribution in [-0.2, 0) is 11.2 Å². The Hall–Kier alpha value is -1.88. The van der Waals surface area contributed by atoms with E-state index >= 15 is 0 Å². The molecule has 0 amide bonds. The van der Waals surface area contributed by atoms with Crippen molar-refractivity contribution in [3.8, 4) is 0 Å². The van der Waals surface area contributed by atoms with Crippen LogP contribution >= 0.6 is 15.9 Å². The highest BCUT2D eigenvalue weighted by Crippen LogP contribution is 2.24. The molecule has 110 valence electrons. The first kappa shape index (κ1) is 15.5. The van der Waals surface area contributed by atoms with Crippen molar-refractivity contribution >= 4 is 27.6 Å². The molecule has 2 aromatic carbocycles. The van der Waals surface area contributed by atoms with E-state index in [0.717, 1.165) is 4.47 Å². The van der Waals surface area contributed by atoms with Crippen molar-refractivity contribution in [1.82, 2.24) is 0 Å². The average Bonchev–Trinajstić information content (AvgIpc) is 2.41. The largest absolute Gasteiger partial charge is 0.480 e. The maximum Gasteiger partial charge on any atom is 0.329 e. The number of hydrogen-bond donors (Lipinski definition) is 2. The Morgan fingerprint density at radius 3 is 2.62 bits per heavy atom. The van der Waals surface area contributed by atoms with Gasteiger partial charge < -0.3 is 10.4 Å². The number of anilines is 1. The van der Waals surface area contributed by atoms with Crippen molar-refractivity contribution < 1.29 is 14.3 Å². The zero-order valence-corrected chi connectivity index (χ0v) is 13.0. The standard InChI is InChI=1S/C16H15BrFNO2/c1-16(15(20)21,10-11-5-2-3-8-14(11)18)19-13-7-4-6-12(17)9-13/h2-9,19H,10H2,1H3,(H,20,21). The molecule has 3 nitrogen and oxygen atoms in total. The number of carbonyl (C=O) groups is 1. The molecule has 0 aromatic heterocycles. The van der Waals surface area contributed by atoms with E-state index in [1.807, 2.05) is 6.07 Å². The van der Waals surface area contributed by atoms with Gasteiger partial charge in [-0.2, -0.15) is 0 Å². The van der Waals surface area contributed by atoms with Gasteiger partial charge in [-0.3, -0.25) is 0 Å². The van der Waals surface area contributed by atoms with E-state index in [0.29, 0.717) is 11.3 Å². The normalized spacial score (nSPS) is 13.5. The van der Waals surface area contributed by atoms with Crippen LogP contribution in [0.5, 0.6) is 0 Å². The minimum Gasteiger partial charge on any atom is -0.480 e. The molecule has 0 heterocycles. The van der Waals surface area contributed by atoms with Gasteiger partial charge in [0.05, 0.1) is 0 Å². The lowest BCUT2D eigenvalue weighted by Gasteiger charge is -2.28. The molecule has 21 heavy (non-hydrogen) atoms. The number of rotatable bonds is 5. The van der Waals surface area contributed by atoms with Crippen molar-refractivity contribution in [3.05, 3.63) is 64.4 Å². The van der Waals surface area contributed by atoms with Crippen LogP contribution in [-0.4, -0.2) is 16.6 Å². The number of aliphatic carboxylic acids is 1. The van der Waals surface area contributed by atoms with Crippen LogP contribution < -0.4 is 5.32 Å². The lowest BCUT2D eigenvalue weighted by Crippen LogP contribution is -2.45. The number of benzene rings is 2. The van der Waals surface area contributed by atoms with Crippen molar-refractivity contribution in [3.63, 3.8) is 0 Å². The van der Waals surface area contributed by atoms with Gasteiger partial charge in [0.25, 0.3) is 0 Å². The molecule has 0 aliphatic carbocycles. The van der Waals surface area contributed by atoms with Crippen molar-refractivity contribution in [1.29, 1.82) is 0 Å². The molecule has 0 fully saturated rings. The summed E-state index contributed by atoms with van der Waals surface area (Å²) in [4.78, 5) is 11.6. The molecule has 0 saturated heterocycles. The lowest BCUT2D eigenvalue weighted by atomic mass is 9.92. The molecule has 2 N–H and O–H groups in total. The van der Waals surface area contributed by atoms with Gasteiger partial charge >= 0.3 is 5.97 Å². The summed E-state index contributed by atoms with van der Waals surface area (Å²) in [6.45, 7) is 1.54. The Balaban J connectivity index is 2.29. The fourth-order valence-electron chi connectivity index (χ4n) is 2.08. The van der Waals surface area contributed by atoms with E-state index in [1.165, 1.54) is 6.07 Å². The molecule has 5 heteroatoms. The summed E-state index contributed by atoms with van der Waals surface area (Å²) in [6, 6.07) is 13.4. The minimum atomic E-state index is -1.30. The first-order valence-corrected chi connectivity index (χ1v) is 7.20. The number of nitrogens with one attached hydrogen (secondary N) is 1. The van der Waals surface area contributed by atoms with Gasteiger partial charge in [-0.1, -0.05) is 40.2 Å². The van der Waals surface area contributed by atoms with Crippen LogP contribution in [0.4, 0.5) is 10.1 Å². The van der Waals surface area contributed by atoms with Crippen LogP contribution in [0.2, 0.25) is 0 Å². The minimum absolute atomic E-state index is 0.0432. The first-order chi connectivity index (χ1) is 9.90. The second kappa shape index (κ2) is 6.26. The summed E-state index contributed by atoms with van der Waals surface area (Å²) in [5.41, 5.74) is -0.279. The summed E-state index contributed by atoms with van der Waals surface area (Å²) >= 11 is 3.34. The Morgan fingerprint density at radius 1 is 1.29 bits per heavy atom. The van der Waals surface area contributed by atoms with E-state index in [-0.39, 0.29) is 6.42 Å². The van der Waals surface area contributed by atoms with Crippen molar-refractivity contribution in [2.75, 3.05) is 5.32 Å². The second-order valence-corrected chi connectivity index (χ2v) is 5.96. The Kier molecular flexibility index (Phi) is 4.63. The fourth-order valence-corrected chi connectivity index (χ4v) is 2.48. The van der Waals surface area contributed by atoms with Gasteiger partial charge in [0.1, 0.15) is 11.4 Å². The van der Waals surface area contributed by atoms with Gasteiger partial charge in [0.15, 0.2) is 0 Å². The fraction of sp³-hybridized carbons (Fsp3) is 0.188. The van der Waals surface area contributed by atoms with Crippen molar-refractivity contribution in [2.24, 2.45) is 0 Å². The molecular formula is C16H15BrFNO2. The zero-order valence-electron chi connectivity index (χ0n) is 11.4. The van der Waals surface area contributed by atoms with Gasteiger partial charge in [-0.15, -0.1) is 0 Å². The maximum absolute atomic E-state index is 13.8. The van der Waals surface area contributed by atoms with Crippen LogP contribution in [0.25, 0.3) is 0 Å². The van der Waals surface area contributed by atoms with Gasteiger partial charge in [0, 0.05) is 16.6 Å². The van der Waals surface area contributed by atoms with Crippen LogP contribution in [0, 0.1) is 5.82 Å². The predicted molar refractivity (Wildman–Crippen MR) is 83.9 cm³/mol. The molecule has 1 unspecified atom stereocenters. The van der Waals surface area contributed by atoms with Gasteiger partial charge in [0.2, 0.25) is 0 Å². The molecule has 0 aliphatic heterocycles. The highest BCUT2D eigenvalue weighted by Gasteiger charge is 2.34. The van der Waals surface area contributed by atoms with Gasteiger partial charge in [-0.25, -0.2) is 9.18 Å². The summed E-state index contributed by atoms with van der Waals surface area (Å²) < 4.78 is 14.6. The van der Waals surface area contributed by atoms with Crippen LogP contribution in [0.15, 0.2) is 53.0 Å². The number of hydrogen-bond acceptors (Lipinski definition) is 2.